The van der Waals surface area contributed by atoms with E-state index >= 15 is 0 Å². The minimum absolute atomic E-state index is 0.311. The van der Waals surface area contributed by atoms with Crippen LogP contribution in [0.25, 0.3) is 11.1 Å². The fourth-order valence-electron chi connectivity index (χ4n) is 2.75. The van der Waals surface area contributed by atoms with Crippen molar-refractivity contribution in [2.45, 2.75) is 11.4 Å². The Hall–Kier alpha value is -3.77. The van der Waals surface area contributed by atoms with E-state index in [-0.39, 0.29) is 0 Å². The number of phenolic OH excluding ortho intramolecular Hbond substituents is 1. The number of phenols is 1. The summed E-state index contributed by atoms with van der Waals surface area (Å²) in [4.78, 5) is 16.7. The number of aromatic nitrogens is 1. The number of rotatable bonds is 5. The molecule has 3 aromatic carbocycles. The largest absolute Gasteiger partial charge is 0.508 e. The van der Waals surface area contributed by atoms with Crippen molar-refractivity contribution in [3.8, 4) is 16.9 Å². The lowest BCUT2D eigenvalue weighted by atomic mass is 10.1. The van der Waals surface area contributed by atoms with Crippen LogP contribution in [0.2, 0.25) is 0 Å². The average molecular weight is 460 g/mol. The van der Waals surface area contributed by atoms with Gasteiger partial charge in [0.1, 0.15) is 5.75 Å². The molecule has 0 unspecified atom stereocenters. The molecule has 1 heterocycles. The van der Waals surface area contributed by atoms with Crippen LogP contribution in [0.15, 0.2) is 108 Å². The van der Waals surface area contributed by atoms with Gasteiger partial charge in [0.25, 0.3) is 0 Å². The molecule has 170 valence electrons. The Labute approximate surface area is 201 Å². The smallest absolute Gasteiger partial charge is 0.207 e. The number of aromatic hydroxyl groups is 1. The van der Waals surface area contributed by atoms with Crippen molar-refractivity contribution in [2.24, 2.45) is 0 Å². The van der Waals surface area contributed by atoms with E-state index in [4.69, 9.17) is 5.11 Å². The summed E-state index contributed by atoms with van der Waals surface area (Å²) in [6.45, 7) is 0.553. The third-order valence-electron chi connectivity index (χ3n) is 4.47. The first-order chi connectivity index (χ1) is 16.0. The van der Waals surface area contributed by atoms with Crippen molar-refractivity contribution in [2.75, 3.05) is 19.0 Å². The first-order valence-electron chi connectivity index (χ1n) is 10.4. The van der Waals surface area contributed by atoms with Gasteiger partial charge in [0.05, 0.1) is 0 Å². The molecular formula is C27H29N3O2S. The second-order valence-electron chi connectivity index (χ2n) is 7.15. The second-order valence-corrected chi connectivity index (χ2v) is 7.64. The lowest BCUT2D eigenvalue weighted by Gasteiger charge is -2.11. The number of hydrogen-bond donors (Lipinski definition) is 3. The number of amides is 1. The Bertz CT molecular complexity index is 1070. The van der Waals surface area contributed by atoms with Crippen molar-refractivity contribution in [3.63, 3.8) is 0 Å². The SMILES string of the molecule is CN(C)c1ccc(O)cc1.O=CNCc1cccnc1.Sc1ccccc1-c1ccccc1. The zero-order valence-corrected chi connectivity index (χ0v) is 19.7. The monoisotopic (exact) mass is 459 g/mol. The minimum atomic E-state index is 0.311. The molecule has 1 amide bonds. The molecule has 0 aliphatic rings. The third kappa shape index (κ3) is 9.49. The summed E-state index contributed by atoms with van der Waals surface area (Å²) >= 11 is 4.41. The average Bonchev–Trinajstić information content (AvgIpc) is 2.85. The first kappa shape index (κ1) is 25.5. The molecule has 0 radical (unpaired) electrons. The molecule has 0 bridgehead atoms. The number of hydrogen-bond acceptors (Lipinski definition) is 5. The van der Waals surface area contributed by atoms with E-state index in [1.54, 1.807) is 24.5 Å². The van der Waals surface area contributed by atoms with Crippen LogP contribution in [0.5, 0.6) is 5.75 Å². The highest BCUT2D eigenvalue weighted by molar-refractivity contribution is 7.80. The molecule has 33 heavy (non-hydrogen) atoms. The molecule has 5 nitrogen and oxygen atoms in total. The predicted octanol–water partition coefficient (Wildman–Crippen LogP) is 5.43. The number of carbonyl (C=O) groups excluding carboxylic acids is 1. The minimum Gasteiger partial charge on any atom is -0.508 e. The van der Waals surface area contributed by atoms with E-state index in [9.17, 15) is 4.79 Å². The van der Waals surface area contributed by atoms with E-state index in [1.807, 2.05) is 79.7 Å². The summed E-state index contributed by atoms with van der Waals surface area (Å²) in [5.74, 6) is 0.311. The quantitative estimate of drug-likeness (QED) is 0.275. The molecule has 0 aliphatic carbocycles. The second kappa shape index (κ2) is 14.3. The molecule has 0 saturated carbocycles. The number of nitrogens with zero attached hydrogens (tertiary/aromatic N) is 2. The molecule has 1 aromatic heterocycles. The van der Waals surface area contributed by atoms with Crippen LogP contribution in [-0.2, 0) is 11.3 Å². The zero-order chi connectivity index (χ0) is 23.9. The Kier molecular flexibility index (Phi) is 11.1. The topological polar surface area (TPSA) is 65.5 Å². The summed E-state index contributed by atoms with van der Waals surface area (Å²) in [6, 6.07) is 29.2. The van der Waals surface area contributed by atoms with Crippen LogP contribution in [0.4, 0.5) is 5.69 Å². The van der Waals surface area contributed by atoms with Gasteiger partial charge in [0.2, 0.25) is 6.41 Å². The van der Waals surface area contributed by atoms with Crippen LogP contribution in [0.1, 0.15) is 5.56 Å². The molecule has 0 saturated heterocycles. The van der Waals surface area contributed by atoms with E-state index in [0.717, 1.165) is 16.1 Å². The van der Waals surface area contributed by atoms with Gasteiger partial charge in [-0.05, 0) is 53.1 Å². The van der Waals surface area contributed by atoms with Crippen LogP contribution >= 0.6 is 12.6 Å². The van der Waals surface area contributed by atoms with E-state index in [1.165, 1.54) is 11.1 Å². The summed E-state index contributed by atoms with van der Waals surface area (Å²) in [5, 5.41) is 11.5. The Morgan fingerprint density at radius 2 is 1.58 bits per heavy atom. The van der Waals surface area contributed by atoms with Crippen molar-refractivity contribution in [1.82, 2.24) is 10.3 Å². The molecule has 0 atom stereocenters. The summed E-state index contributed by atoms with van der Waals surface area (Å²) < 4.78 is 0. The number of benzene rings is 3. The third-order valence-corrected chi connectivity index (χ3v) is 4.86. The fraction of sp³-hybridized carbons (Fsp3) is 0.111. The zero-order valence-electron chi connectivity index (χ0n) is 18.8. The number of pyridine rings is 1. The maximum Gasteiger partial charge on any atom is 0.207 e. The number of anilines is 1. The summed E-state index contributed by atoms with van der Waals surface area (Å²) in [7, 11) is 3.93. The Morgan fingerprint density at radius 3 is 2.15 bits per heavy atom. The predicted molar refractivity (Wildman–Crippen MR) is 139 cm³/mol. The highest BCUT2D eigenvalue weighted by Gasteiger charge is 1.98. The molecular weight excluding hydrogens is 430 g/mol. The highest BCUT2D eigenvalue weighted by atomic mass is 32.1. The number of nitrogens with one attached hydrogen (secondary N) is 1. The molecule has 0 fully saturated rings. The van der Waals surface area contributed by atoms with E-state index in [0.29, 0.717) is 18.7 Å². The molecule has 0 spiro atoms. The molecule has 4 rings (SSSR count). The van der Waals surface area contributed by atoms with Gasteiger partial charge < -0.3 is 15.3 Å². The van der Waals surface area contributed by atoms with Gasteiger partial charge in [-0.2, -0.15) is 0 Å². The highest BCUT2D eigenvalue weighted by Crippen LogP contribution is 2.25. The van der Waals surface area contributed by atoms with Gasteiger partial charge in [-0.3, -0.25) is 9.78 Å². The van der Waals surface area contributed by atoms with Gasteiger partial charge in [-0.1, -0.05) is 54.6 Å². The van der Waals surface area contributed by atoms with Crippen molar-refractivity contribution in [1.29, 1.82) is 0 Å². The maximum atomic E-state index is 9.85. The Balaban J connectivity index is 0.000000178. The van der Waals surface area contributed by atoms with Crippen LogP contribution in [0, 0.1) is 0 Å². The fourth-order valence-corrected chi connectivity index (χ4v) is 3.04. The standard InChI is InChI=1S/C12H10S.C8H11NO.C7H8N2O/c13-12-9-5-4-8-11(12)10-6-2-1-3-7-10;1-9(2)7-3-5-8(10)6-4-7;10-6-9-5-7-2-1-3-8-4-7/h1-9,13H;3-6,10H,1-2H3;1-4,6H,5H2,(H,9,10). The van der Waals surface area contributed by atoms with Gasteiger partial charge in [0.15, 0.2) is 0 Å². The van der Waals surface area contributed by atoms with Crippen molar-refractivity contribution < 1.29 is 9.90 Å². The summed E-state index contributed by atoms with van der Waals surface area (Å²) in [5.41, 5.74) is 4.51. The van der Waals surface area contributed by atoms with E-state index < -0.39 is 0 Å². The molecule has 4 aromatic rings. The van der Waals surface area contributed by atoms with Crippen LogP contribution in [-0.4, -0.2) is 30.6 Å². The van der Waals surface area contributed by atoms with Crippen molar-refractivity contribution >= 4 is 24.7 Å². The lowest BCUT2D eigenvalue weighted by Crippen LogP contribution is -2.09. The molecule has 2 N–H and O–H groups in total. The Morgan fingerprint density at radius 1 is 0.909 bits per heavy atom. The first-order valence-corrected chi connectivity index (χ1v) is 10.8. The maximum absolute atomic E-state index is 9.85. The number of carbonyl (C=O) groups is 1. The lowest BCUT2D eigenvalue weighted by molar-refractivity contribution is -0.109. The van der Waals surface area contributed by atoms with Gasteiger partial charge in [0, 0.05) is 43.6 Å². The van der Waals surface area contributed by atoms with E-state index in [2.05, 4.69) is 41.1 Å². The van der Waals surface area contributed by atoms with Gasteiger partial charge in [-0.25, -0.2) is 0 Å². The molecule has 6 heteroatoms. The normalized spacial score (nSPS) is 9.42. The van der Waals surface area contributed by atoms with Gasteiger partial charge in [-0.15, -0.1) is 12.6 Å². The summed E-state index contributed by atoms with van der Waals surface area (Å²) in [6.07, 6.45) is 4.09. The number of thiol groups is 1. The van der Waals surface area contributed by atoms with Gasteiger partial charge >= 0.3 is 0 Å². The molecule has 0 aliphatic heterocycles. The van der Waals surface area contributed by atoms with Crippen LogP contribution < -0.4 is 10.2 Å². The van der Waals surface area contributed by atoms with Crippen molar-refractivity contribution in [3.05, 3.63) is 109 Å². The van der Waals surface area contributed by atoms with Crippen LogP contribution in [0.3, 0.4) is 0 Å².